The molecule has 0 unspecified atom stereocenters. The van der Waals surface area contributed by atoms with E-state index in [2.05, 4.69) is 4.72 Å². The van der Waals surface area contributed by atoms with Crippen molar-refractivity contribution in [2.75, 3.05) is 31.5 Å². The topological polar surface area (TPSA) is 133 Å². The van der Waals surface area contributed by atoms with Gasteiger partial charge >= 0.3 is 0 Å². The van der Waals surface area contributed by atoms with Crippen LogP contribution in [0.3, 0.4) is 0 Å². The van der Waals surface area contributed by atoms with Crippen LogP contribution in [0.1, 0.15) is 25.0 Å². The molecule has 0 saturated carbocycles. The van der Waals surface area contributed by atoms with Crippen LogP contribution in [0.4, 0.5) is 5.69 Å². The molecule has 1 amide bonds. The predicted octanol–water partition coefficient (Wildman–Crippen LogP) is 3.33. The van der Waals surface area contributed by atoms with E-state index in [1.807, 2.05) is 13.8 Å². The van der Waals surface area contributed by atoms with E-state index < -0.39 is 32.2 Å². The normalized spacial score (nSPS) is 19.1. The summed E-state index contributed by atoms with van der Waals surface area (Å²) in [5.41, 5.74) is 1.65. The van der Waals surface area contributed by atoms with Crippen LogP contribution in [-0.4, -0.2) is 75.9 Å². The van der Waals surface area contributed by atoms with Crippen LogP contribution in [0.5, 0.6) is 5.75 Å². The highest BCUT2D eigenvalue weighted by atomic mass is 32.2. The number of hydrogen-bond acceptors (Lipinski definition) is 8. The maximum Gasteiger partial charge on any atom is 0.271 e. The van der Waals surface area contributed by atoms with Gasteiger partial charge in [0.2, 0.25) is 15.9 Å². The summed E-state index contributed by atoms with van der Waals surface area (Å²) >= 11 is 1.09. The van der Waals surface area contributed by atoms with Crippen molar-refractivity contribution in [1.82, 2.24) is 9.21 Å². The fourth-order valence-electron chi connectivity index (χ4n) is 4.57. The van der Waals surface area contributed by atoms with Crippen LogP contribution in [-0.2, 0) is 31.3 Å². The van der Waals surface area contributed by atoms with E-state index in [0.29, 0.717) is 11.3 Å². The van der Waals surface area contributed by atoms with Crippen molar-refractivity contribution in [3.63, 3.8) is 0 Å². The molecule has 2 N–H and O–H groups in total. The number of likely N-dealkylation sites (N-methyl/N-ethyl adjacent to an activating group) is 1. The summed E-state index contributed by atoms with van der Waals surface area (Å²) in [5, 5.41) is 11.5. The highest BCUT2D eigenvalue weighted by Crippen LogP contribution is 2.31. The highest BCUT2D eigenvalue weighted by molar-refractivity contribution is 7.94. The van der Waals surface area contributed by atoms with E-state index in [-0.39, 0.29) is 52.7 Å². The van der Waals surface area contributed by atoms with Gasteiger partial charge in [-0.05, 0) is 55.6 Å². The molecule has 10 nitrogen and oxygen atoms in total. The number of thiophene rings is 1. The summed E-state index contributed by atoms with van der Waals surface area (Å²) < 4.78 is 62.6. The first kappa shape index (κ1) is 31.0. The molecular formula is C28H35N3O7S3. The second kappa shape index (κ2) is 12.5. The first-order chi connectivity index (χ1) is 19.3. The average Bonchev–Trinajstić information content (AvgIpc) is 3.49. The van der Waals surface area contributed by atoms with Crippen LogP contribution >= 0.6 is 11.3 Å². The molecule has 0 fully saturated rings. The Morgan fingerprint density at radius 1 is 1.15 bits per heavy atom. The van der Waals surface area contributed by atoms with Gasteiger partial charge in [-0.15, -0.1) is 11.3 Å². The van der Waals surface area contributed by atoms with Crippen LogP contribution in [0, 0.1) is 12.8 Å². The number of ether oxygens (including phenoxy) is 1. The Bertz CT molecular complexity index is 1570. The number of benzene rings is 2. The molecule has 2 aromatic carbocycles. The summed E-state index contributed by atoms with van der Waals surface area (Å²) in [5.74, 6) is -0.219. The molecule has 4 rings (SSSR count). The second-order valence-electron chi connectivity index (χ2n) is 10.3. The van der Waals surface area contributed by atoms with Gasteiger partial charge in [0.05, 0.1) is 30.5 Å². The fourth-order valence-corrected chi connectivity index (χ4v) is 7.80. The van der Waals surface area contributed by atoms with Gasteiger partial charge in [0.25, 0.3) is 10.0 Å². The third-order valence-electron chi connectivity index (χ3n) is 7.09. The van der Waals surface area contributed by atoms with Crippen molar-refractivity contribution in [2.24, 2.45) is 5.92 Å². The monoisotopic (exact) mass is 621 g/mol. The summed E-state index contributed by atoms with van der Waals surface area (Å²) in [6, 6.07) is 14.0. The smallest absolute Gasteiger partial charge is 0.271 e. The van der Waals surface area contributed by atoms with E-state index in [9.17, 15) is 26.7 Å². The lowest BCUT2D eigenvalue weighted by atomic mass is 10.0. The number of nitrogens with zero attached hydrogens (tertiary/aromatic N) is 2. The van der Waals surface area contributed by atoms with Crippen LogP contribution < -0.4 is 9.46 Å². The minimum atomic E-state index is -3.82. The first-order valence-corrected chi connectivity index (χ1v) is 16.9. The van der Waals surface area contributed by atoms with E-state index >= 15 is 0 Å². The lowest BCUT2D eigenvalue weighted by molar-refractivity contribution is -0.134. The largest absolute Gasteiger partial charge is 0.488 e. The van der Waals surface area contributed by atoms with Crippen molar-refractivity contribution in [2.45, 2.75) is 48.4 Å². The van der Waals surface area contributed by atoms with Gasteiger partial charge in [-0.2, -0.15) is 4.31 Å². The van der Waals surface area contributed by atoms with Gasteiger partial charge < -0.3 is 14.7 Å². The van der Waals surface area contributed by atoms with Crippen molar-refractivity contribution in [3.8, 4) is 5.75 Å². The number of rotatable bonds is 9. The second-order valence-corrected chi connectivity index (χ2v) is 15.2. The Labute approximate surface area is 245 Å². The van der Waals surface area contributed by atoms with E-state index in [0.717, 1.165) is 16.9 Å². The molecule has 0 aliphatic carbocycles. The summed E-state index contributed by atoms with van der Waals surface area (Å²) in [6.07, 6.45) is -0.752. The number of carbonyl (C=O) groups is 1. The number of hydrogen-bond donors (Lipinski definition) is 2. The molecule has 222 valence electrons. The Kier molecular flexibility index (Phi) is 9.44. The summed E-state index contributed by atoms with van der Waals surface area (Å²) in [4.78, 5) is 15.2. The van der Waals surface area contributed by atoms with Gasteiger partial charge in [0, 0.05) is 30.8 Å². The summed E-state index contributed by atoms with van der Waals surface area (Å²) in [6.45, 7) is 5.46. The quantitative estimate of drug-likeness (QED) is 0.375. The Hall–Kier alpha value is -2.97. The molecule has 0 saturated heterocycles. The zero-order valence-electron chi connectivity index (χ0n) is 23.3. The van der Waals surface area contributed by atoms with Crippen molar-refractivity contribution in [1.29, 1.82) is 0 Å². The van der Waals surface area contributed by atoms with Gasteiger partial charge in [-0.3, -0.25) is 9.52 Å². The van der Waals surface area contributed by atoms with Crippen molar-refractivity contribution < 1.29 is 31.5 Å². The maximum absolute atomic E-state index is 13.4. The zero-order valence-corrected chi connectivity index (χ0v) is 25.8. The number of amides is 1. The lowest BCUT2D eigenvalue weighted by Crippen LogP contribution is -2.48. The standard InChI is InChI=1S/C28H35N3O7S3/c1-19-7-10-24(11-8-19)41(36,37)30(4)17-26-20(2)16-31(21(3)18-32)27(33)15-22-14-23(9-12-25(22)38-26)29-40(34,35)28-6-5-13-39-28/h5-14,20-21,26,29,32H,15-18H2,1-4H3/t20-,21+,26+/m0/s1. The number of anilines is 1. The predicted molar refractivity (Wildman–Crippen MR) is 158 cm³/mol. The molecule has 0 spiro atoms. The third kappa shape index (κ3) is 7.09. The molecule has 1 aliphatic heterocycles. The molecule has 41 heavy (non-hydrogen) atoms. The van der Waals surface area contributed by atoms with Gasteiger partial charge in [-0.25, -0.2) is 16.8 Å². The molecule has 2 heterocycles. The van der Waals surface area contributed by atoms with Crippen molar-refractivity contribution >= 4 is 43.0 Å². The molecule has 0 bridgehead atoms. The number of nitrogens with one attached hydrogen (secondary N) is 1. The molecule has 3 atom stereocenters. The lowest BCUT2D eigenvalue weighted by Gasteiger charge is -2.33. The summed E-state index contributed by atoms with van der Waals surface area (Å²) in [7, 11) is -6.15. The molecule has 0 radical (unpaired) electrons. The molecule has 1 aliphatic rings. The van der Waals surface area contributed by atoms with Gasteiger partial charge in [0.15, 0.2) is 0 Å². The Morgan fingerprint density at radius 2 is 1.85 bits per heavy atom. The molecule has 3 aromatic rings. The van der Waals surface area contributed by atoms with Gasteiger partial charge in [0.1, 0.15) is 16.1 Å². The third-order valence-corrected chi connectivity index (χ3v) is 11.7. The number of aliphatic hydroxyl groups excluding tert-OH is 1. The number of sulfonamides is 2. The van der Waals surface area contributed by atoms with E-state index in [1.54, 1.807) is 65.7 Å². The van der Waals surface area contributed by atoms with E-state index in [1.165, 1.54) is 17.4 Å². The zero-order chi connectivity index (χ0) is 29.9. The van der Waals surface area contributed by atoms with Crippen LogP contribution in [0.2, 0.25) is 0 Å². The Morgan fingerprint density at radius 3 is 2.49 bits per heavy atom. The van der Waals surface area contributed by atoms with Gasteiger partial charge in [-0.1, -0.05) is 30.7 Å². The van der Waals surface area contributed by atoms with E-state index in [4.69, 9.17) is 4.74 Å². The molecular weight excluding hydrogens is 587 g/mol. The SMILES string of the molecule is Cc1ccc(S(=O)(=O)N(C)C[C@H]2Oc3ccc(NS(=O)(=O)c4cccs4)cc3CC(=O)N([C@H](C)CO)C[C@@H]2C)cc1. The van der Waals surface area contributed by atoms with Crippen molar-refractivity contribution in [3.05, 3.63) is 71.1 Å². The number of aryl methyl sites for hydroxylation is 1. The fraction of sp³-hybridized carbons (Fsp3) is 0.393. The minimum absolute atomic E-state index is 0.000882. The molecule has 13 heteroatoms. The van der Waals surface area contributed by atoms with Crippen LogP contribution in [0.25, 0.3) is 0 Å². The van der Waals surface area contributed by atoms with Crippen LogP contribution in [0.15, 0.2) is 69.1 Å². The average molecular weight is 622 g/mol. The minimum Gasteiger partial charge on any atom is -0.488 e. The maximum atomic E-state index is 13.4. The number of aliphatic hydroxyl groups is 1. The first-order valence-electron chi connectivity index (χ1n) is 13.1. The number of fused-ring (bicyclic) bond motifs is 1. The number of carbonyl (C=O) groups excluding carboxylic acids is 1. The molecule has 1 aromatic heterocycles. The Balaban J connectivity index is 1.68. The highest BCUT2D eigenvalue weighted by Gasteiger charge is 2.33.